The Bertz CT molecular complexity index is 533. The first kappa shape index (κ1) is 38.9. The van der Waals surface area contributed by atoms with Gasteiger partial charge in [0.2, 0.25) is 0 Å². The van der Waals surface area contributed by atoms with E-state index in [0.717, 1.165) is 70.6 Å². The summed E-state index contributed by atoms with van der Waals surface area (Å²) in [6.07, 6.45) is 36.9. The molecule has 0 aliphatic rings. The third-order valence-corrected chi connectivity index (χ3v) is 8.33. The number of aliphatic carboxylic acids is 1. The van der Waals surface area contributed by atoms with Crippen LogP contribution in [0.4, 0.5) is 0 Å². The number of ether oxygens (including phenoxy) is 1. The van der Waals surface area contributed by atoms with Gasteiger partial charge in [-0.1, -0.05) is 162 Å². The molecule has 0 aliphatic heterocycles. The van der Waals surface area contributed by atoms with Crippen LogP contribution >= 0.6 is 0 Å². The molecule has 1 unspecified atom stereocenters. The van der Waals surface area contributed by atoms with Crippen molar-refractivity contribution in [2.24, 2.45) is 0 Å². The Morgan fingerprint density at radius 1 is 0.450 bits per heavy atom. The normalized spacial score (nSPS) is 12.1. The number of esters is 1. The Balaban J connectivity index is 3.87. The Morgan fingerprint density at radius 2 is 0.750 bits per heavy atom. The molecule has 0 fully saturated rings. The molecule has 0 aliphatic carbocycles. The third kappa shape index (κ3) is 31.5. The first-order chi connectivity index (χ1) is 19.6. The fourth-order valence-electron chi connectivity index (χ4n) is 5.66. The maximum atomic E-state index is 12.6. The van der Waals surface area contributed by atoms with Crippen LogP contribution in [0.1, 0.15) is 213 Å². The number of rotatable bonds is 33. The Morgan fingerprint density at radius 3 is 1.10 bits per heavy atom. The number of carboxylic acid groups (broad SMARTS) is 1. The van der Waals surface area contributed by atoms with Crippen molar-refractivity contribution in [1.82, 2.24) is 0 Å². The summed E-state index contributed by atoms with van der Waals surface area (Å²) in [5.74, 6) is -0.678. The molecule has 0 aromatic heterocycles. The molecule has 1 N–H and O–H groups in total. The highest BCUT2D eigenvalue weighted by Crippen LogP contribution is 2.19. The van der Waals surface area contributed by atoms with Gasteiger partial charge in [0, 0.05) is 12.8 Å². The van der Waals surface area contributed by atoms with E-state index in [1.165, 1.54) is 116 Å². The maximum absolute atomic E-state index is 12.6. The zero-order valence-corrected chi connectivity index (χ0v) is 27.2. The lowest BCUT2D eigenvalue weighted by molar-refractivity contribution is -0.150. The van der Waals surface area contributed by atoms with Crippen LogP contribution in [0.5, 0.6) is 0 Å². The van der Waals surface area contributed by atoms with Crippen molar-refractivity contribution in [3.05, 3.63) is 0 Å². The Hall–Kier alpha value is -1.06. The lowest BCUT2D eigenvalue weighted by Crippen LogP contribution is -2.18. The third-order valence-electron chi connectivity index (χ3n) is 8.33. The standard InChI is InChI=1S/C36H70O4/c1-3-5-7-9-11-12-13-14-15-16-17-18-19-25-29-33-36(39)40-34(30-26-22-10-8-6-4-2)31-27-23-20-21-24-28-32-35(37)38/h34H,3-33H2,1-2H3,(H,37,38). The molecule has 0 saturated heterocycles. The van der Waals surface area contributed by atoms with Crippen molar-refractivity contribution in [1.29, 1.82) is 0 Å². The molecule has 0 saturated carbocycles. The molecule has 0 bridgehead atoms. The number of hydrogen-bond donors (Lipinski definition) is 1. The van der Waals surface area contributed by atoms with E-state index in [2.05, 4.69) is 13.8 Å². The fourth-order valence-corrected chi connectivity index (χ4v) is 5.66. The molecule has 0 amide bonds. The molecule has 0 spiro atoms. The number of unbranched alkanes of at least 4 members (excludes halogenated alkanes) is 24. The van der Waals surface area contributed by atoms with Crippen LogP contribution in [0.3, 0.4) is 0 Å². The number of carboxylic acids is 1. The first-order valence-electron chi connectivity index (χ1n) is 18.0. The zero-order chi connectivity index (χ0) is 29.4. The van der Waals surface area contributed by atoms with E-state index >= 15 is 0 Å². The van der Waals surface area contributed by atoms with Gasteiger partial charge in [-0.2, -0.15) is 0 Å². The van der Waals surface area contributed by atoms with Crippen LogP contribution in [-0.2, 0) is 14.3 Å². The maximum Gasteiger partial charge on any atom is 0.306 e. The van der Waals surface area contributed by atoms with Gasteiger partial charge in [-0.25, -0.2) is 0 Å². The second kappa shape index (κ2) is 32.5. The molecule has 0 rings (SSSR count). The number of hydrogen-bond acceptors (Lipinski definition) is 3. The Labute approximate surface area is 250 Å². The SMILES string of the molecule is CCCCCCCCCCCCCCCCCC(=O)OC(CCCCCCCC)CCCCCCCCC(=O)O. The second-order valence-electron chi connectivity index (χ2n) is 12.4. The van der Waals surface area contributed by atoms with E-state index in [9.17, 15) is 9.59 Å². The summed E-state index contributed by atoms with van der Waals surface area (Å²) in [4.78, 5) is 23.2. The fraction of sp³-hybridized carbons (Fsp3) is 0.944. The number of carbonyl (C=O) groups is 2. The van der Waals surface area contributed by atoms with Crippen LogP contribution in [0, 0.1) is 0 Å². The highest BCUT2D eigenvalue weighted by molar-refractivity contribution is 5.69. The van der Waals surface area contributed by atoms with Crippen molar-refractivity contribution in [3.63, 3.8) is 0 Å². The highest BCUT2D eigenvalue weighted by atomic mass is 16.5. The molecular weight excluding hydrogens is 496 g/mol. The summed E-state index contributed by atoms with van der Waals surface area (Å²) >= 11 is 0. The van der Waals surface area contributed by atoms with Crippen molar-refractivity contribution >= 4 is 11.9 Å². The zero-order valence-electron chi connectivity index (χ0n) is 27.2. The van der Waals surface area contributed by atoms with Crippen LogP contribution in [0.2, 0.25) is 0 Å². The number of carbonyl (C=O) groups excluding carboxylic acids is 1. The van der Waals surface area contributed by atoms with Gasteiger partial charge in [-0.3, -0.25) is 9.59 Å². The Kier molecular flexibility index (Phi) is 31.6. The summed E-state index contributed by atoms with van der Waals surface area (Å²) in [5, 5.41) is 8.74. The molecule has 40 heavy (non-hydrogen) atoms. The molecule has 0 aromatic carbocycles. The topological polar surface area (TPSA) is 63.6 Å². The van der Waals surface area contributed by atoms with E-state index in [1.54, 1.807) is 0 Å². The monoisotopic (exact) mass is 567 g/mol. The quantitative estimate of drug-likeness (QED) is 0.0633. The molecule has 0 aromatic rings. The second-order valence-corrected chi connectivity index (χ2v) is 12.4. The molecular formula is C36H70O4. The molecule has 238 valence electrons. The van der Waals surface area contributed by atoms with Crippen molar-refractivity contribution < 1.29 is 19.4 Å². The van der Waals surface area contributed by atoms with Crippen molar-refractivity contribution in [2.75, 3.05) is 0 Å². The lowest BCUT2D eigenvalue weighted by atomic mass is 10.0. The van der Waals surface area contributed by atoms with Crippen molar-refractivity contribution in [2.45, 2.75) is 219 Å². The predicted molar refractivity (Wildman–Crippen MR) is 172 cm³/mol. The minimum absolute atomic E-state index is 0.0133. The largest absolute Gasteiger partial charge is 0.481 e. The lowest BCUT2D eigenvalue weighted by Gasteiger charge is -2.18. The van der Waals surface area contributed by atoms with Gasteiger partial charge in [0.25, 0.3) is 0 Å². The van der Waals surface area contributed by atoms with Gasteiger partial charge in [0.15, 0.2) is 0 Å². The van der Waals surface area contributed by atoms with E-state index in [-0.39, 0.29) is 18.5 Å². The van der Waals surface area contributed by atoms with Crippen LogP contribution in [-0.4, -0.2) is 23.1 Å². The van der Waals surface area contributed by atoms with Gasteiger partial charge >= 0.3 is 11.9 Å². The van der Waals surface area contributed by atoms with E-state index in [4.69, 9.17) is 9.84 Å². The summed E-state index contributed by atoms with van der Waals surface area (Å²) in [6, 6.07) is 0. The molecule has 0 heterocycles. The van der Waals surface area contributed by atoms with Gasteiger partial charge in [-0.05, 0) is 38.5 Å². The predicted octanol–water partition coefficient (Wildman–Crippen LogP) is 12.1. The van der Waals surface area contributed by atoms with E-state index < -0.39 is 5.97 Å². The smallest absolute Gasteiger partial charge is 0.306 e. The summed E-state index contributed by atoms with van der Waals surface area (Å²) < 4.78 is 5.96. The molecule has 4 heteroatoms. The summed E-state index contributed by atoms with van der Waals surface area (Å²) in [5.41, 5.74) is 0. The molecule has 0 radical (unpaired) electrons. The van der Waals surface area contributed by atoms with Gasteiger partial charge in [0.05, 0.1) is 0 Å². The van der Waals surface area contributed by atoms with E-state index in [1.807, 2.05) is 0 Å². The first-order valence-corrected chi connectivity index (χ1v) is 18.0. The van der Waals surface area contributed by atoms with Crippen molar-refractivity contribution in [3.8, 4) is 0 Å². The van der Waals surface area contributed by atoms with Gasteiger partial charge in [-0.15, -0.1) is 0 Å². The van der Waals surface area contributed by atoms with Crippen LogP contribution in [0.15, 0.2) is 0 Å². The highest BCUT2D eigenvalue weighted by Gasteiger charge is 2.14. The van der Waals surface area contributed by atoms with E-state index in [0.29, 0.717) is 6.42 Å². The van der Waals surface area contributed by atoms with Crippen LogP contribution in [0.25, 0.3) is 0 Å². The summed E-state index contributed by atoms with van der Waals surface area (Å²) in [7, 11) is 0. The van der Waals surface area contributed by atoms with Crippen LogP contribution < -0.4 is 0 Å². The van der Waals surface area contributed by atoms with Gasteiger partial charge in [0.1, 0.15) is 6.10 Å². The average molecular weight is 567 g/mol. The molecule has 1 atom stereocenters. The summed E-state index contributed by atoms with van der Waals surface area (Å²) in [6.45, 7) is 4.53. The minimum atomic E-state index is -0.691. The minimum Gasteiger partial charge on any atom is -0.481 e. The molecule has 4 nitrogen and oxygen atoms in total. The average Bonchev–Trinajstić information content (AvgIpc) is 2.93. The van der Waals surface area contributed by atoms with Gasteiger partial charge < -0.3 is 9.84 Å².